The van der Waals surface area contributed by atoms with E-state index in [2.05, 4.69) is 10.2 Å². The molecule has 2 heterocycles. The van der Waals surface area contributed by atoms with Crippen molar-refractivity contribution in [2.45, 2.75) is 25.4 Å². The van der Waals surface area contributed by atoms with Crippen LogP contribution >= 0.6 is 11.8 Å². The van der Waals surface area contributed by atoms with Crippen LogP contribution in [0.1, 0.15) is 28.4 Å². The van der Waals surface area contributed by atoms with Gasteiger partial charge >= 0.3 is 0 Å². The molecule has 178 valence electrons. The van der Waals surface area contributed by atoms with Gasteiger partial charge < -0.3 is 15.0 Å². The topological polar surface area (TPSA) is 54.5 Å². The summed E-state index contributed by atoms with van der Waals surface area (Å²) in [5.41, 5.74) is 3.43. The summed E-state index contributed by atoms with van der Waals surface area (Å²) in [7, 11) is 0. The predicted molar refractivity (Wildman–Crippen MR) is 131 cm³/mol. The summed E-state index contributed by atoms with van der Waals surface area (Å²) in [6, 6.07) is 12.2. The number of benzene rings is 2. The molecule has 3 aromatic rings. The number of hydrogen-bond acceptors (Lipinski definition) is 5. The van der Waals surface area contributed by atoms with Crippen molar-refractivity contribution >= 4 is 23.5 Å². The predicted octanol–water partition coefficient (Wildman–Crippen LogP) is 5.21. The molecule has 34 heavy (non-hydrogen) atoms. The highest BCUT2D eigenvalue weighted by atomic mass is 32.2. The average molecular weight is 484 g/mol. The summed E-state index contributed by atoms with van der Waals surface area (Å²) in [4.78, 5) is 20.2. The zero-order valence-electron chi connectivity index (χ0n) is 19.2. The van der Waals surface area contributed by atoms with E-state index in [9.17, 15) is 13.6 Å². The van der Waals surface area contributed by atoms with Gasteiger partial charge in [0.25, 0.3) is 5.91 Å². The molecule has 1 aliphatic rings. The number of halogens is 2. The number of thioether (sulfide) groups is 1. The molecule has 5 nitrogen and oxygen atoms in total. The maximum absolute atomic E-state index is 14.0. The van der Waals surface area contributed by atoms with Gasteiger partial charge in [0.2, 0.25) is 0 Å². The first-order valence-electron chi connectivity index (χ1n) is 11.3. The molecule has 1 saturated heterocycles. The molecule has 1 aromatic heterocycles. The lowest BCUT2D eigenvalue weighted by Crippen LogP contribution is -2.37. The average Bonchev–Trinajstić information content (AvgIpc) is 2.84. The molecule has 1 amide bonds. The van der Waals surface area contributed by atoms with Crippen LogP contribution in [0.15, 0.2) is 53.6 Å². The lowest BCUT2D eigenvalue weighted by Gasteiger charge is -2.29. The van der Waals surface area contributed by atoms with Crippen LogP contribution in [0.5, 0.6) is 0 Å². The molecule has 0 spiro atoms. The highest BCUT2D eigenvalue weighted by molar-refractivity contribution is 7.99. The lowest BCUT2D eigenvalue weighted by molar-refractivity contribution is 0.0946. The Morgan fingerprint density at radius 3 is 2.50 bits per heavy atom. The van der Waals surface area contributed by atoms with E-state index in [-0.39, 0.29) is 18.3 Å². The molecule has 0 bridgehead atoms. The molecule has 0 unspecified atom stereocenters. The SMILES string of the molecule is CCSc1nc(N2CCOCC2)cc(C)c1C(=O)NCc1ccc(F)cc1-c1ccc(F)cc1. The number of carbonyl (C=O) groups excluding carboxylic acids is 1. The first-order chi connectivity index (χ1) is 16.5. The number of nitrogens with zero attached hydrogens (tertiary/aromatic N) is 2. The molecule has 1 fully saturated rings. The number of nitrogens with one attached hydrogen (secondary N) is 1. The molecular formula is C26H27F2N3O2S. The fourth-order valence-electron chi connectivity index (χ4n) is 3.96. The van der Waals surface area contributed by atoms with Crippen molar-refractivity contribution in [2.24, 2.45) is 0 Å². The summed E-state index contributed by atoms with van der Waals surface area (Å²) in [6.07, 6.45) is 0. The van der Waals surface area contributed by atoms with E-state index in [4.69, 9.17) is 9.72 Å². The molecule has 0 saturated carbocycles. The largest absolute Gasteiger partial charge is 0.378 e. The summed E-state index contributed by atoms with van der Waals surface area (Å²) < 4.78 is 32.8. The molecule has 0 aliphatic carbocycles. The summed E-state index contributed by atoms with van der Waals surface area (Å²) in [5, 5.41) is 3.67. The van der Waals surface area contributed by atoms with Crippen LogP contribution in [0.2, 0.25) is 0 Å². The number of morpholine rings is 1. The van der Waals surface area contributed by atoms with Gasteiger partial charge in [-0.05, 0) is 65.3 Å². The summed E-state index contributed by atoms with van der Waals surface area (Å²) >= 11 is 1.53. The van der Waals surface area contributed by atoms with Gasteiger partial charge in [0, 0.05) is 19.6 Å². The number of aromatic nitrogens is 1. The van der Waals surface area contributed by atoms with E-state index in [1.807, 2.05) is 19.9 Å². The number of carbonyl (C=O) groups is 1. The zero-order chi connectivity index (χ0) is 24.1. The van der Waals surface area contributed by atoms with Crippen LogP contribution in [0.4, 0.5) is 14.6 Å². The van der Waals surface area contributed by atoms with Crippen LogP contribution in [0, 0.1) is 18.6 Å². The number of aryl methyl sites for hydroxylation is 1. The highest BCUT2D eigenvalue weighted by Crippen LogP contribution is 2.29. The number of pyridine rings is 1. The van der Waals surface area contributed by atoms with Crippen molar-refractivity contribution < 1.29 is 18.3 Å². The highest BCUT2D eigenvalue weighted by Gasteiger charge is 2.21. The molecule has 8 heteroatoms. The van der Waals surface area contributed by atoms with E-state index >= 15 is 0 Å². The first kappa shape index (κ1) is 24.2. The van der Waals surface area contributed by atoms with Crippen molar-refractivity contribution in [3.05, 3.63) is 76.9 Å². The molecule has 2 aromatic carbocycles. The Balaban J connectivity index is 1.58. The quantitative estimate of drug-likeness (QED) is 0.468. The van der Waals surface area contributed by atoms with Crippen LogP contribution in [0.3, 0.4) is 0 Å². The third kappa shape index (κ3) is 5.56. The minimum absolute atomic E-state index is 0.201. The van der Waals surface area contributed by atoms with Gasteiger partial charge in [0.1, 0.15) is 22.5 Å². The van der Waals surface area contributed by atoms with Crippen LogP contribution in [0.25, 0.3) is 11.1 Å². The standard InChI is InChI=1S/C26H27F2N3O2S/c1-3-34-26-24(17(2)14-23(30-26)31-10-12-33-13-11-31)25(32)29-16-19-6-9-21(28)15-22(19)18-4-7-20(27)8-5-18/h4-9,14-15H,3,10-13,16H2,1-2H3,(H,29,32). The Morgan fingerprint density at radius 1 is 1.09 bits per heavy atom. The number of rotatable bonds is 7. The van der Waals surface area contributed by atoms with Crippen molar-refractivity contribution in [2.75, 3.05) is 37.0 Å². The number of amides is 1. The van der Waals surface area contributed by atoms with Crippen molar-refractivity contribution in [3.8, 4) is 11.1 Å². The smallest absolute Gasteiger partial charge is 0.254 e. The summed E-state index contributed by atoms with van der Waals surface area (Å²) in [6.45, 7) is 7.00. The van der Waals surface area contributed by atoms with Gasteiger partial charge in [-0.2, -0.15) is 0 Å². The van der Waals surface area contributed by atoms with Gasteiger partial charge in [-0.3, -0.25) is 4.79 Å². The fraction of sp³-hybridized carbons (Fsp3) is 0.308. The van der Waals surface area contributed by atoms with Crippen LogP contribution in [-0.4, -0.2) is 42.9 Å². The van der Waals surface area contributed by atoms with Gasteiger partial charge in [0.05, 0.1) is 18.8 Å². The Bertz CT molecular complexity index is 1170. The van der Waals surface area contributed by atoms with E-state index < -0.39 is 5.82 Å². The minimum atomic E-state index is -0.394. The number of anilines is 1. The number of hydrogen-bond donors (Lipinski definition) is 1. The summed E-state index contributed by atoms with van der Waals surface area (Å²) in [5.74, 6) is 0.648. The third-order valence-corrected chi connectivity index (χ3v) is 6.54. The van der Waals surface area contributed by atoms with Crippen molar-refractivity contribution in [3.63, 3.8) is 0 Å². The maximum Gasteiger partial charge on any atom is 0.254 e. The van der Waals surface area contributed by atoms with Gasteiger partial charge in [-0.25, -0.2) is 13.8 Å². The first-order valence-corrected chi connectivity index (χ1v) is 12.2. The Morgan fingerprint density at radius 2 is 1.79 bits per heavy atom. The second-order valence-electron chi connectivity index (χ2n) is 8.00. The number of ether oxygens (including phenoxy) is 1. The second kappa shape index (κ2) is 11.0. The molecule has 1 aliphatic heterocycles. The van der Waals surface area contributed by atoms with Gasteiger partial charge in [0.15, 0.2) is 0 Å². The Labute approximate surface area is 202 Å². The Hall–Kier alpha value is -2.97. The van der Waals surface area contributed by atoms with E-state index in [1.165, 1.54) is 36.0 Å². The monoisotopic (exact) mass is 483 g/mol. The molecule has 0 radical (unpaired) electrons. The van der Waals surface area contributed by atoms with Gasteiger partial charge in [-0.1, -0.05) is 25.1 Å². The van der Waals surface area contributed by atoms with E-state index in [0.717, 1.165) is 35.8 Å². The lowest BCUT2D eigenvalue weighted by atomic mass is 9.99. The molecule has 1 N–H and O–H groups in total. The van der Waals surface area contributed by atoms with Crippen LogP contribution in [-0.2, 0) is 11.3 Å². The maximum atomic E-state index is 14.0. The molecule has 4 rings (SSSR count). The van der Waals surface area contributed by atoms with Crippen molar-refractivity contribution in [1.29, 1.82) is 0 Å². The zero-order valence-corrected chi connectivity index (χ0v) is 20.1. The minimum Gasteiger partial charge on any atom is -0.378 e. The van der Waals surface area contributed by atoms with Gasteiger partial charge in [-0.15, -0.1) is 11.8 Å². The molecule has 0 atom stereocenters. The van der Waals surface area contributed by atoms with Crippen molar-refractivity contribution in [1.82, 2.24) is 10.3 Å². The van der Waals surface area contributed by atoms with E-state index in [0.29, 0.717) is 34.9 Å². The third-order valence-electron chi connectivity index (χ3n) is 5.68. The van der Waals surface area contributed by atoms with E-state index in [1.54, 1.807) is 18.2 Å². The molecular weight excluding hydrogens is 456 g/mol. The second-order valence-corrected chi connectivity index (χ2v) is 9.25. The Kier molecular flexibility index (Phi) is 7.80. The van der Waals surface area contributed by atoms with Crippen LogP contribution < -0.4 is 10.2 Å². The normalized spacial score (nSPS) is 13.7. The fourth-order valence-corrected chi connectivity index (χ4v) is 4.79.